The molecule has 402 valence electrons. The largest absolute Gasteiger partial charge is 0.466 e. The maximum Gasteiger partial charge on any atom is 0.305 e. The van der Waals surface area contributed by atoms with E-state index >= 15 is 0 Å². The van der Waals surface area contributed by atoms with Gasteiger partial charge in [-0.3, -0.25) is 9.59 Å². The minimum Gasteiger partial charge on any atom is -0.466 e. The normalized spacial score (nSPS) is 19.7. The molecule has 7 unspecified atom stereocenters. The molecule has 1 fully saturated rings. The van der Waals surface area contributed by atoms with Gasteiger partial charge in [0.15, 0.2) is 6.29 Å². The van der Waals surface area contributed by atoms with Gasteiger partial charge in [0, 0.05) is 12.8 Å². The molecule has 1 amide bonds. The molecule has 0 aromatic heterocycles. The third kappa shape index (κ3) is 38.0. The average molecular weight is 976 g/mol. The Hall–Kier alpha value is -2.38. The van der Waals surface area contributed by atoms with Gasteiger partial charge >= 0.3 is 5.97 Å². The van der Waals surface area contributed by atoms with Crippen molar-refractivity contribution in [1.82, 2.24) is 5.32 Å². The number of hydrogen-bond acceptors (Lipinski definition) is 10. The van der Waals surface area contributed by atoms with Crippen molar-refractivity contribution >= 4 is 11.9 Å². The van der Waals surface area contributed by atoms with Crippen LogP contribution in [0.4, 0.5) is 0 Å². The van der Waals surface area contributed by atoms with Crippen LogP contribution in [0.25, 0.3) is 0 Å². The Labute approximate surface area is 421 Å². The maximum absolute atomic E-state index is 13.0. The van der Waals surface area contributed by atoms with Crippen molar-refractivity contribution in [3.8, 4) is 0 Å². The first-order valence-electron chi connectivity index (χ1n) is 28.4. The molecule has 11 nitrogen and oxygen atoms in total. The van der Waals surface area contributed by atoms with E-state index in [2.05, 4.69) is 55.6 Å². The number of amides is 1. The molecule has 0 aliphatic carbocycles. The van der Waals surface area contributed by atoms with Crippen molar-refractivity contribution in [2.45, 2.75) is 288 Å². The van der Waals surface area contributed by atoms with E-state index in [1.165, 1.54) is 128 Å². The number of ether oxygens (including phenoxy) is 3. The molecule has 7 atom stereocenters. The Kier molecular flexibility index (Phi) is 44.9. The van der Waals surface area contributed by atoms with Gasteiger partial charge < -0.3 is 45.1 Å². The summed E-state index contributed by atoms with van der Waals surface area (Å²) in [7, 11) is 0. The molecule has 1 rings (SSSR count). The van der Waals surface area contributed by atoms with E-state index < -0.39 is 49.5 Å². The highest BCUT2D eigenvalue weighted by atomic mass is 16.7. The molecule has 0 aromatic rings. The summed E-state index contributed by atoms with van der Waals surface area (Å²) in [5.74, 6) is -0.233. The molecule has 1 heterocycles. The Morgan fingerprint density at radius 1 is 0.536 bits per heavy atom. The Balaban J connectivity index is 2.10. The molecular weight excluding hydrogens is 871 g/mol. The molecular formula is C58H105NO10. The van der Waals surface area contributed by atoms with Gasteiger partial charge in [-0.2, -0.15) is 0 Å². The molecule has 0 bridgehead atoms. The topological polar surface area (TPSA) is 175 Å². The predicted molar refractivity (Wildman–Crippen MR) is 283 cm³/mol. The van der Waals surface area contributed by atoms with E-state index in [9.17, 15) is 35.1 Å². The first kappa shape index (κ1) is 64.6. The second kappa shape index (κ2) is 47.9. The van der Waals surface area contributed by atoms with Crippen LogP contribution in [0.1, 0.15) is 245 Å². The SMILES string of the molecule is CCCCC/C=C\CCCCCCCC(=O)OCCCCC/C=C\C=C/CCCCCCCCCCCCC(=O)NC(COC1OC(CO)C(O)C(O)C1O)C(O)/C=C/CCCCCCCCCC. The van der Waals surface area contributed by atoms with Gasteiger partial charge in [-0.05, 0) is 89.9 Å². The van der Waals surface area contributed by atoms with Gasteiger partial charge in [0.25, 0.3) is 0 Å². The molecule has 0 aromatic carbocycles. The summed E-state index contributed by atoms with van der Waals surface area (Å²) < 4.78 is 16.6. The lowest BCUT2D eigenvalue weighted by Gasteiger charge is -2.40. The van der Waals surface area contributed by atoms with Gasteiger partial charge in [-0.1, -0.05) is 191 Å². The third-order valence-corrected chi connectivity index (χ3v) is 13.2. The van der Waals surface area contributed by atoms with Gasteiger partial charge in [0.2, 0.25) is 5.91 Å². The zero-order chi connectivity index (χ0) is 50.3. The van der Waals surface area contributed by atoms with Crippen molar-refractivity contribution in [3.63, 3.8) is 0 Å². The van der Waals surface area contributed by atoms with Gasteiger partial charge in [-0.25, -0.2) is 0 Å². The van der Waals surface area contributed by atoms with Crippen LogP contribution < -0.4 is 5.32 Å². The number of unbranched alkanes of at least 4 members (excludes halogenated alkanes) is 29. The summed E-state index contributed by atoms with van der Waals surface area (Å²) in [5.41, 5.74) is 0. The molecule has 0 spiro atoms. The lowest BCUT2D eigenvalue weighted by molar-refractivity contribution is -0.302. The lowest BCUT2D eigenvalue weighted by atomic mass is 9.99. The van der Waals surface area contributed by atoms with Crippen LogP contribution in [0.2, 0.25) is 0 Å². The summed E-state index contributed by atoms with van der Waals surface area (Å²) >= 11 is 0. The molecule has 0 radical (unpaired) electrons. The Morgan fingerprint density at radius 2 is 0.971 bits per heavy atom. The summed E-state index contributed by atoms with van der Waals surface area (Å²) in [6, 6.07) is -0.817. The number of hydrogen-bond donors (Lipinski definition) is 6. The fraction of sp³-hybridized carbons (Fsp3) is 0.828. The highest BCUT2D eigenvalue weighted by Crippen LogP contribution is 2.23. The van der Waals surface area contributed by atoms with E-state index in [1.54, 1.807) is 6.08 Å². The zero-order valence-corrected chi connectivity index (χ0v) is 44.0. The van der Waals surface area contributed by atoms with Crippen LogP contribution in [0.5, 0.6) is 0 Å². The number of rotatable bonds is 48. The third-order valence-electron chi connectivity index (χ3n) is 13.2. The van der Waals surface area contributed by atoms with Gasteiger partial charge in [0.1, 0.15) is 24.4 Å². The standard InChI is InChI=1S/C58H105NO10/c1-3-5-7-9-11-13-15-26-30-34-38-42-46-54(63)67-47-43-39-35-31-27-24-22-20-18-16-17-19-21-23-25-29-33-37-41-45-53(62)59-50(49-68-58-57(66)56(65)55(64)52(48-60)69-58)51(61)44-40-36-32-28-14-12-10-8-6-4-2/h11,13,20,22,24,27,40,44,50-52,55-58,60-61,64-66H,3-10,12,14-19,21,23,25-26,28-39,41-43,45-49H2,1-2H3,(H,59,62)/b13-11-,22-20-,27-24-,44-40+. The minimum absolute atomic E-state index is 0.0391. The van der Waals surface area contributed by atoms with Crippen molar-refractivity contribution in [2.75, 3.05) is 19.8 Å². The molecule has 11 heteroatoms. The van der Waals surface area contributed by atoms with Crippen LogP contribution in [0.15, 0.2) is 48.6 Å². The summed E-state index contributed by atoms with van der Waals surface area (Å²) in [6.45, 7) is 4.24. The number of carbonyl (C=O) groups is 2. The summed E-state index contributed by atoms with van der Waals surface area (Å²) in [5, 5.41) is 54.2. The van der Waals surface area contributed by atoms with Crippen LogP contribution in [-0.4, -0.2) is 100 Å². The van der Waals surface area contributed by atoms with Crippen LogP contribution in [-0.2, 0) is 23.8 Å². The van der Waals surface area contributed by atoms with E-state index in [0.717, 1.165) is 89.9 Å². The maximum atomic E-state index is 13.0. The molecule has 69 heavy (non-hydrogen) atoms. The first-order valence-corrected chi connectivity index (χ1v) is 28.4. The summed E-state index contributed by atoms with van der Waals surface area (Å²) in [4.78, 5) is 25.0. The fourth-order valence-corrected chi connectivity index (χ4v) is 8.59. The van der Waals surface area contributed by atoms with Crippen LogP contribution >= 0.6 is 0 Å². The Bertz CT molecular complexity index is 1290. The van der Waals surface area contributed by atoms with Crippen LogP contribution in [0.3, 0.4) is 0 Å². The number of aliphatic hydroxyl groups is 5. The number of carbonyl (C=O) groups excluding carboxylic acids is 2. The average Bonchev–Trinajstić information content (AvgIpc) is 3.34. The predicted octanol–water partition coefficient (Wildman–Crippen LogP) is 12.5. The number of esters is 1. The molecule has 1 aliphatic rings. The number of nitrogens with one attached hydrogen (secondary N) is 1. The minimum atomic E-state index is -1.57. The highest BCUT2D eigenvalue weighted by molar-refractivity contribution is 5.76. The molecule has 6 N–H and O–H groups in total. The quantitative estimate of drug-likeness (QED) is 0.0149. The highest BCUT2D eigenvalue weighted by Gasteiger charge is 2.44. The van der Waals surface area contributed by atoms with Crippen molar-refractivity contribution in [3.05, 3.63) is 48.6 Å². The zero-order valence-electron chi connectivity index (χ0n) is 44.0. The Morgan fingerprint density at radius 3 is 1.51 bits per heavy atom. The van der Waals surface area contributed by atoms with Gasteiger partial charge in [0.05, 0.1) is 32.0 Å². The number of aliphatic hydroxyl groups excluding tert-OH is 5. The molecule has 1 saturated heterocycles. The lowest BCUT2D eigenvalue weighted by Crippen LogP contribution is -2.60. The van der Waals surface area contributed by atoms with Crippen molar-refractivity contribution in [1.29, 1.82) is 0 Å². The number of allylic oxidation sites excluding steroid dienone is 7. The summed E-state index contributed by atoms with van der Waals surface area (Å²) in [6.07, 6.45) is 49.2. The molecule has 1 aliphatic heterocycles. The fourth-order valence-electron chi connectivity index (χ4n) is 8.59. The van der Waals surface area contributed by atoms with Crippen molar-refractivity contribution in [2.24, 2.45) is 0 Å². The smallest absolute Gasteiger partial charge is 0.305 e. The van der Waals surface area contributed by atoms with Crippen molar-refractivity contribution < 1.29 is 49.3 Å². The van der Waals surface area contributed by atoms with E-state index in [1.807, 2.05) is 6.08 Å². The first-order chi connectivity index (χ1) is 33.7. The van der Waals surface area contributed by atoms with E-state index in [0.29, 0.717) is 19.4 Å². The van der Waals surface area contributed by atoms with Gasteiger partial charge in [-0.15, -0.1) is 0 Å². The second-order valence-corrected chi connectivity index (χ2v) is 19.7. The van der Waals surface area contributed by atoms with E-state index in [4.69, 9.17) is 14.2 Å². The molecule has 0 saturated carbocycles. The monoisotopic (exact) mass is 976 g/mol. The van der Waals surface area contributed by atoms with E-state index in [-0.39, 0.29) is 18.5 Å². The second-order valence-electron chi connectivity index (χ2n) is 19.7. The van der Waals surface area contributed by atoms with Crippen LogP contribution in [0, 0.1) is 0 Å².